The first-order valence-corrected chi connectivity index (χ1v) is 5.81. The van der Waals surface area contributed by atoms with Crippen molar-refractivity contribution in [2.24, 2.45) is 0 Å². The van der Waals surface area contributed by atoms with Crippen molar-refractivity contribution >= 4 is 5.91 Å². The van der Waals surface area contributed by atoms with Crippen LogP contribution in [0.3, 0.4) is 0 Å². The Morgan fingerprint density at radius 2 is 2.00 bits per heavy atom. The molecule has 0 atom stereocenters. The fourth-order valence-electron chi connectivity index (χ4n) is 1.97. The smallest absolute Gasteiger partial charge is 0.236 e. The number of carbonyl (C=O) groups excluding carboxylic acids is 1. The molecule has 4 heteroatoms. The quantitative estimate of drug-likeness (QED) is 0.725. The van der Waals surface area contributed by atoms with Crippen LogP contribution in [0.1, 0.15) is 20.3 Å². The van der Waals surface area contributed by atoms with E-state index in [4.69, 9.17) is 0 Å². The Balaban J connectivity index is 2.42. The molecule has 1 N–H and O–H groups in total. The second-order valence-electron chi connectivity index (χ2n) is 4.39. The highest BCUT2D eigenvalue weighted by Gasteiger charge is 2.19. The summed E-state index contributed by atoms with van der Waals surface area (Å²) >= 11 is 0. The zero-order valence-electron chi connectivity index (χ0n) is 10.1. The minimum Gasteiger partial charge on any atom is -0.340 e. The minimum atomic E-state index is 0.225. The molecule has 1 heterocycles. The van der Waals surface area contributed by atoms with E-state index in [0.717, 1.165) is 32.6 Å². The Labute approximate surface area is 92.6 Å². The molecule has 1 amide bonds. The molecule has 0 radical (unpaired) electrons. The SMILES string of the molecule is CNCC(=O)N1CCCN(C(C)C)CC1. The predicted octanol–water partition coefficient (Wildman–Crippen LogP) is 0.149. The second-order valence-corrected chi connectivity index (χ2v) is 4.39. The average molecular weight is 213 g/mol. The van der Waals surface area contributed by atoms with Gasteiger partial charge in [0.05, 0.1) is 6.54 Å². The van der Waals surface area contributed by atoms with Gasteiger partial charge in [-0.1, -0.05) is 0 Å². The van der Waals surface area contributed by atoms with Crippen LogP contribution in [0.4, 0.5) is 0 Å². The number of amides is 1. The van der Waals surface area contributed by atoms with Gasteiger partial charge in [0, 0.05) is 32.2 Å². The van der Waals surface area contributed by atoms with Crippen molar-refractivity contribution in [3.05, 3.63) is 0 Å². The lowest BCUT2D eigenvalue weighted by Gasteiger charge is -2.24. The number of rotatable bonds is 3. The van der Waals surface area contributed by atoms with E-state index >= 15 is 0 Å². The summed E-state index contributed by atoms with van der Waals surface area (Å²) in [6.07, 6.45) is 1.09. The van der Waals surface area contributed by atoms with Gasteiger partial charge in [-0.15, -0.1) is 0 Å². The molecule has 15 heavy (non-hydrogen) atoms. The number of nitrogens with zero attached hydrogens (tertiary/aromatic N) is 2. The molecule has 1 fully saturated rings. The van der Waals surface area contributed by atoms with Crippen molar-refractivity contribution in [3.63, 3.8) is 0 Å². The second kappa shape index (κ2) is 6.08. The van der Waals surface area contributed by atoms with E-state index in [2.05, 4.69) is 24.1 Å². The van der Waals surface area contributed by atoms with Gasteiger partial charge in [0.2, 0.25) is 5.91 Å². The summed E-state index contributed by atoms with van der Waals surface area (Å²) in [6, 6.07) is 0.587. The first-order chi connectivity index (χ1) is 7.15. The van der Waals surface area contributed by atoms with E-state index in [9.17, 15) is 4.79 Å². The number of likely N-dealkylation sites (N-methyl/N-ethyl adjacent to an activating group) is 1. The first kappa shape index (κ1) is 12.5. The first-order valence-electron chi connectivity index (χ1n) is 5.81. The van der Waals surface area contributed by atoms with Crippen LogP contribution in [0.2, 0.25) is 0 Å². The molecule has 0 aromatic carbocycles. The fraction of sp³-hybridized carbons (Fsp3) is 0.909. The van der Waals surface area contributed by atoms with Gasteiger partial charge in [0.25, 0.3) is 0 Å². The molecule has 1 aliphatic rings. The van der Waals surface area contributed by atoms with Crippen LogP contribution in [0, 0.1) is 0 Å². The lowest BCUT2D eigenvalue weighted by Crippen LogP contribution is -2.40. The van der Waals surface area contributed by atoms with Gasteiger partial charge in [-0.3, -0.25) is 9.69 Å². The summed E-state index contributed by atoms with van der Waals surface area (Å²) < 4.78 is 0. The molecule has 1 saturated heterocycles. The van der Waals surface area contributed by atoms with Crippen LogP contribution < -0.4 is 5.32 Å². The molecule has 0 unspecified atom stereocenters. The molecule has 0 bridgehead atoms. The Morgan fingerprint density at radius 1 is 1.27 bits per heavy atom. The van der Waals surface area contributed by atoms with Crippen molar-refractivity contribution in [1.29, 1.82) is 0 Å². The zero-order valence-corrected chi connectivity index (χ0v) is 10.1. The van der Waals surface area contributed by atoms with Gasteiger partial charge in [-0.25, -0.2) is 0 Å². The number of hydrogen-bond donors (Lipinski definition) is 1. The topological polar surface area (TPSA) is 35.6 Å². The van der Waals surface area contributed by atoms with E-state index in [1.54, 1.807) is 0 Å². The largest absolute Gasteiger partial charge is 0.340 e. The van der Waals surface area contributed by atoms with Crippen molar-refractivity contribution in [3.8, 4) is 0 Å². The van der Waals surface area contributed by atoms with Crippen molar-refractivity contribution < 1.29 is 4.79 Å². The standard InChI is InChI=1S/C11H23N3O/c1-10(2)13-5-4-6-14(8-7-13)11(15)9-12-3/h10,12H,4-9H2,1-3H3. The molecule has 0 spiro atoms. The predicted molar refractivity (Wildman–Crippen MR) is 61.8 cm³/mol. The summed E-state index contributed by atoms with van der Waals surface area (Å²) in [4.78, 5) is 16.1. The molecule has 0 aromatic rings. The van der Waals surface area contributed by atoms with Crippen molar-refractivity contribution in [1.82, 2.24) is 15.1 Å². The van der Waals surface area contributed by atoms with Crippen LogP contribution in [0.25, 0.3) is 0 Å². The molecule has 88 valence electrons. The summed E-state index contributed by atoms with van der Waals surface area (Å²) in [7, 11) is 1.82. The van der Waals surface area contributed by atoms with Gasteiger partial charge in [0.15, 0.2) is 0 Å². The molecule has 4 nitrogen and oxygen atoms in total. The van der Waals surface area contributed by atoms with Crippen LogP contribution in [0.5, 0.6) is 0 Å². The third-order valence-corrected chi connectivity index (χ3v) is 2.94. The van der Waals surface area contributed by atoms with E-state index in [0.29, 0.717) is 12.6 Å². The highest BCUT2D eigenvalue weighted by Crippen LogP contribution is 2.06. The van der Waals surface area contributed by atoms with Gasteiger partial charge in [0.1, 0.15) is 0 Å². The molecular formula is C11H23N3O. The Hall–Kier alpha value is -0.610. The van der Waals surface area contributed by atoms with Gasteiger partial charge >= 0.3 is 0 Å². The van der Waals surface area contributed by atoms with E-state index in [1.807, 2.05) is 11.9 Å². The maximum absolute atomic E-state index is 11.7. The van der Waals surface area contributed by atoms with Crippen LogP contribution >= 0.6 is 0 Å². The summed E-state index contributed by atoms with van der Waals surface area (Å²) in [5, 5.41) is 2.91. The molecule has 1 rings (SSSR count). The monoisotopic (exact) mass is 213 g/mol. The Kier molecular flexibility index (Phi) is 5.05. The van der Waals surface area contributed by atoms with Crippen molar-refractivity contribution in [2.75, 3.05) is 39.8 Å². The van der Waals surface area contributed by atoms with E-state index < -0.39 is 0 Å². The van der Waals surface area contributed by atoms with Crippen LogP contribution in [-0.2, 0) is 4.79 Å². The highest BCUT2D eigenvalue weighted by atomic mass is 16.2. The summed E-state index contributed by atoms with van der Waals surface area (Å²) in [5.41, 5.74) is 0. The van der Waals surface area contributed by atoms with E-state index in [-0.39, 0.29) is 5.91 Å². The maximum atomic E-state index is 11.7. The number of hydrogen-bond acceptors (Lipinski definition) is 3. The Bertz CT molecular complexity index is 206. The summed E-state index contributed by atoms with van der Waals surface area (Å²) in [6.45, 7) is 8.79. The van der Waals surface area contributed by atoms with E-state index in [1.165, 1.54) is 0 Å². The normalized spacial score (nSPS) is 19.3. The molecular weight excluding hydrogens is 190 g/mol. The zero-order chi connectivity index (χ0) is 11.3. The molecule has 0 aromatic heterocycles. The Morgan fingerprint density at radius 3 is 2.60 bits per heavy atom. The number of nitrogens with one attached hydrogen (secondary N) is 1. The van der Waals surface area contributed by atoms with Gasteiger partial charge in [-0.2, -0.15) is 0 Å². The van der Waals surface area contributed by atoms with Gasteiger partial charge in [-0.05, 0) is 27.3 Å². The highest BCUT2D eigenvalue weighted by molar-refractivity contribution is 5.78. The number of carbonyl (C=O) groups is 1. The lowest BCUT2D eigenvalue weighted by atomic mass is 10.3. The lowest BCUT2D eigenvalue weighted by molar-refractivity contribution is -0.130. The molecule has 0 saturated carbocycles. The third-order valence-electron chi connectivity index (χ3n) is 2.94. The van der Waals surface area contributed by atoms with Crippen LogP contribution in [-0.4, -0.2) is 61.5 Å². The molecule has 1 aliphatic heterocycles. The van der Waals surface area contributed by atoms with Crippen LogP contribution in [0.15, 0.2) is 0 Å². The minimum absolute atomic E-state index is 0.225. The third kappa shape index (κ3) is 3.80. The fourth-order valence-corrected chi connectivity index (χ4v) is 1.97. The maximum Gasteiger partial charge on any atom is 0.236 e. The van der Waals surface area contributed by atoms with Crippen molar-refractivity contribution in [2.45, 2.75) is 26.3 Å². The van der Waals surface area contributed by atoms with Gasteiger partial charge < -0.3 is 10.2 Å². The average Bonchev–Trinajstić information content (AvgIpc) is 2.43. The molecule has 0 aliphatic carbocycles. The summed E-state index contributed by atoms with van der Waals surface area (Å²) in [5.74, 6) is 0.225.